The molecule has 34 heavy (non-hydrogen) atoms. The number of alkyl carbamates (subject to hydrolysis) is 1. The second kappa shape index (κ2) is 13.2. The third-order valence-corrected chi connectivity index (χ3v) is 4.75. The molecular formula is C26H34N2O6. The summed E-state index contributed by atoms with van der Waals surface area (Å²) in [5, 5.41) is 5.46. The molecule has 2 aromatic rings. The Hall–Kier alpha value is -3.55. The van der Waals surface area contributed by atoms with Gasteiger partial charge in [-0.25, -0.2) is 9.59 Å². The van der Waals surface area contributed by atoms with E-state index in [-0.39, 0.29) is 12.5 Å². The number of benzene rings is 2. The minimum Gasteiger partial charge on any atom is -0.497 e. The zero-order valence-electron chi connectivity index (χ0n) is 20.3. The number of nitrogens with one attached hydrogen (secondary N) is 2. The minimum absolute atomic E-state index is 0.199. The summed E-state index contributed by atoms with van der Waals surface area (Å²) >= 11 is 0. The van der Waals surface area contributed by atoms with Crippen LogP contribution in [0.15, 0.2) is 54.6 Å². The first-order chi connectivity index (χ1) is 16.2. The first-order valence-corrected chi connectivity index (χ1v) is 11.3. The van der Waals surface area contributed by atoms with Gasteiger partial charge in [-0.15, -0.1) is 0 Å². The summed E-state index contributed by atoms with van der Waals surface area (Å²) in [7, 11) is 1.55. The van der Waals surface area contributed by atoms with Crippen LogP contribution in [0.5, 0.6) is 5.75 Å². The molecule has 0 spiro atoms. The van der Waals surface area contributed by atoms with Crippen LogP contribution in [0.4, 0.5) is 4.79 Å². The van der Waals surface area contributed by atoms with Crippen molar-refractivity contribution in [2.75, 3.05) is 13.7 Å². The Morgan fingerprint density at radius 3 is 2.24 bits per heavy atom. The van der Waals surface area contributed by atoms with E-state index in [1.54, 1.807) is 52.1 Å². The number of unbranched alkanes of at least 4 members (excludes halogenated alkanes) is 1. The third-order valence-electron chi connectivity index (χ3n) is 4.75. The summed E-state index contributed by atoms with van der Waals surface area (Å²) in [6.07, 6.45) is 1.07. The third kappa shape index (κ3) is 9.94. The molecule has 184 valence electrons. The van der Waals surface area contributed by atoms with Gasteiger partial charge in [0.2, 0.25) is 0 Å². The normalized spacial score (nSPS) is 11.8. The van der Waals surface area contributed by atoms with Gasteiger partial charge in [-0.05, 0) is 69.9 Å². The number of carbonyl (C=O) groups is 3. The number of esters is 1. The molecule has 0 aromatic heterocycles. The monoisotopic (exact) mass is 470 g/mol. The summed E-state index contributed by atoms with van der Waals surface area (Å²) in [5.41, 5.74) is 0.646. The lowest BCUT2D eigenvalue weighted by Gasteiger charge is -2.24. The number of hydrogen-bond donors (Lipinski definition) is 2. The van der Waals surface area contributed by atoms with E-state index >= 15 is 0 Å². The standard InChI is InChI=1S/C26H34N2O6/c1-26(2,3)34-24(30)22(28-23(29)20-13-15-21(32-4)16-14-20)12-8-9-17-27-25(31)33-18-19-10-6-5-7-11-19/h5-7,10-11,13-16,22H,8-9,12,17-18H2,1-4H3,(H,27,31)(H,28,29)/t22-/m1/s1. The molecule has 0 saturated heterocycles. The van der Waals surface area contributed by atoms with E-state index in [1.165, 1.54) is 0 Å². The predicted molar refractivity (Wildman–Crippen MR) is 129 cm³/mol. The van der Waals surface area contributed by atoms with Crippen molar-refractivity contribution < 1.29 is 28.6 Å². The largest absolute Gasteiger partial charge is 0.497 e. The fourth-order valence-electron chi connectivity index (χ4n) is 3.04. The highest BCUT2D eigenvalue weighted by Gasteiger charge is 2.26. The summed E-state index contributed by atoms with van der Waals surface area (Å²) in [5.74, 6) is -0.235. The molecule has 0 aliphatic carbocycles. The quantitative estimate of drug-likeness (QED) is 0.376. The average molecular weight is 471 g/mol. The summed E-state index contributed by atoms with van der Waals surface area (Å²) < 4.78 is 15.8. The molecule has 2 N–H and O–H groups in total. The molecule has 2 rings (SSSR count). The van der Waals surface area contributed by atoms with Crippen molar-refractivity contribution in [1.29, 1.82) is 0 Å². The molecule has 1 atom stereocenters. The Balaban J connectivity index is 1.82. The topological polar surface area (TPSA) is 103 Å². The zero-order valence-corrected chi connectivity index (χ0v) is 20.3. The average Bonchev–Trinajstić information content (AvgIpc) is 2.81. The van der Waals surface area contributed by atoms with Crippen LogP contribution in [0.1, 0.15) is 56.0 Å². The van der Waals surface area contributed by atoms with Crippen molar-refractivity contribution in [2.24, 2.45) is 0 Å². The highest BCUT2D eigenvalue weighted by Crippen LogP contribution is 2.14. The number of methoxy groups -OCH3 is 1. The Bertz CT molecular complexity index is 923. The predicted octanol–water partition coefficient (Wildman–Crippen LogP) is 4.23. The maximum Gasteiger partial charge on any atom is 0.407 e. The van der Waals surface area contributed by atoms with Crippen LogP contribution < -0.4 is 15.4 Å². The van der Waals surface area contributed by atoms with Crippen molar-refractivity contribution in [3.05, 3.63) is 65.7 Å². The molecule has 0 saturated carbocycles. The van der Waals surface area contributed by atoms with E-state index in [0.717, 1.165) is 5.56 Å². The van der Waals surface area contributed by atoms with Crippen LogP contribution in [-0.4, -0.2) is 43.3 Å². The van der Waals surface area contributed by atoms with E-state index in [1.807, 2.05) is 30.3 Å². The lowest BCUT2D eigenvalue weighted by atomic mass is 10.1. The van der Waals surface area contributed by atoms with E-state index < -0.39 is 23.7 Å². The number of hydrogen-bond acceptors (Lipinski definition) is 6. The molecule has 8 heteroatoms. The van der Waals surface area contributed by atoms with E-state index in [9.17, 15) is 14.4 Å². The van der Waals surface area contributed by atoms with Crippen LogP contribution in [0.25, 0.3) is 0 Å². The fourth-order valence-corrected chi connectivity index (χ4v) is 3.04. The van der Waals surface area contributed by atoms with Gasteiger partial charge in [0.05, 0.1) is 7.11 Å². The number of ether oxygens (including phenoxy) is 3. The van der Waals surface area contributed by atoms with E-state index in [0.29, 0.717) is 37.1 Å². The Labute approximate surface area is 201 Å². The molecule has 0 aliphatic rings. The molecule has 0 heterocycles. The minimum atomic E-state index is -0.807. The van der Waals surface area contributed by atoms with Gasteiger partial charge in [0.15, 0.2) is 0 Å². The van der Waals surface area contributed by atoms with E-state index in [4.69, 9.17) is 14.2 Å². The summed E-state index contributed by atoms with van der Waals surface area (Å²) in [6, 6.07) is 15.2. The number of carbonyl (C=O) groups excluding carboxylic acids is 3. The van der Waals surface area contributed by atoms with Crippen LogP contribution in [0.3, 0.4) is 0 Å². The maximum atomic E-state index is 12.7. The highest BCUT2D eigenvalue weighted by molar-refractivity contribution is 5.96. The maximum absolute atomic E-state index is 12.7. The summed E-state index contributed by atoms with van der Waals surface area (Å²) in [6.45, 7) is 5.92. The van der Waals surface area contributed by atoms with Gasteiger partial charge in [0, 0.05) is 12.1 Å². The summed E-state index contributed by atoms with van der Waals surface area (Å²) in [4.78, 5) is 37.2. The molecule has 2 aromatic carbocycles. The second-order valence-corrected chi connectivity index (χ2v) is 8.77. The molecule has 0 bridgehead atoms. The first-order valence-electron chi connectivity index (χ1n) is 11.3. The highest BCUT2D eigenvalue weighted by atomic mass is 16.6. The fraction of sp³-hybridized carbons (Fsp3) is 0.423. The molecule has 8 nitrogen and oxygen atoms in total. The van der Waals surface area contributed by atoms with E-state index in [2.05, 4.69) is 10.6 Å². The molecule has 0 fully saturated rings. The molecule has 0 radical (unpaired) electrons. The van der Waals surface area contributed by atoms with Gasteiger partial charge in [0.1, 0.15) is 24.0 Å². The van der Waals surface area contributed by atoms with Crippen molar-refractivity contribution >= 4 is 18.0 Å². The lowest BCUT2D eigenvalue weighted by molar-refractivity contribution is -0.157. The molecule has 0 unspecified atom stereocenters. The van der Waals surface area contributed by atoms with Crippen LogP contribution >= 0.6 is 0 Å². The van der Waals surface area contributed by atoms with Crippen molar-refractivity contribution in [2.45, 2.75) is 58.3 Å². The van der Waals surface area contributed by atoms with Crippen molar-refractivity contribution in [3.63, 3.8) is 0 Å². The van der Waals surface area contributed by atoms with Crippen LogP contribution in [0, 0.1) is 0 Å². The lowest BCUT2D eigenvalue weighted by Crippen LogP contribution is -2.44. The number of rotatable bonds is 11. The Morgan fingerprint density at radius 1 is 0.941 bits per heavy atom. The molecule has 0 aliphatic heterocycles. The van der Waals surface area contributed by atoms with Crippen LogP contribution in [-0.2, 0) is 20.9 Å². The van der Waals surface area contributed by atoms with Gasteiger partial charge in [-0.3, -0.25) is 4.79 Å². The van der Waals surface area contributed by atoms with Gasteiger partial charge in [0.25, 0.3) is 5.91 Å². The molecular weight excluding hydrogens is 436 g/mol. The van der Waals surface area contributed by atoms with Crippen molar-refractivity contribution in [3.8, 4) is 5.75 Å². The second-order valence-electron chi connectivity index (χ2n) is 8.77. The molecule has 2 amide bonds. The first kappa shape index (κ1) is 26.7. The van der Waals surface area contributed by atoms with Gasteiger partial charge in [-0.2, -0.15) is 0 Å². The Kier molecular flexibility index (Phi) is 10.4. The Morgan fingerprint density at radius 2 is 1.62 bits per heavy atom. The van der Waals surface area contributed by atoms with Gasteiger partial charge < -0.3 is 24.8 Å². The SMILES string of the molecule is COc1ccc(C(=O)N[C@H](CCCCNC(=O)OCc2ccccc2)C(=O)OC(C)(C)C)cc1. The van der Waals surface area contributed by atoms with Crippen molar-refractivity contribution in [1.82, 2.24) is 10.6 Å². The van der Waals surface area contributed by atoms with Gasteiger partial charge in [-0.1, -0.05) is 30.3 Å². The van der Waals surface area contributed by atoms with Gasteiger partial charge >= 0.3 is 12.1 Å². The smallest absolute Gasteiger partial charge is 0.407 e. The zero-order chi connectivity index (χ0) is 25.0. The van der Waals surface area contributed by atoms with Crippen LogP contribution in [0.2, 0.25) is 0 Å². The number of amides is 2.